The van der Waals surface area contributed by atoms with Crippen molar-refractivity contribution in [2.24, 2.45) is 4.99 Å². The van der Waals surface area contributed by atoms with Crippen LogP contribution in [0.2, 0.25) is 5.15 Å². The molecule has 2 N–H and O–H groups in total. The summed E-state index contributed by atoms with van der Waals surface area (Å²) in [6.07, 6.45) is 2.58. The number of nitrogens with one attached hydrogen (secondary N) is 2. The number of halogens is 1. The normalized spacial score (nSPS) is 11.1. The van der Waals surface area contributed by atoms with E-state index in [9.17, 15) is 0 Å². The molecule has 7 heteroatoms. The number of rotatable bonds is 7. The fourth-order valence-electron chi connectivity index (χ4n) is 2.28. The molecule has 0 saturated heterocycles. The first-order valence-electron chi connectivity index (χ1n) is 7.92. The van der Waals surface area contributed by atoms with Gasteiger partial charge in [0.2, 0.25) is 0 Å². The van der Waals surface area contributed by atoms with Gasteiger partial charge in [-0.2, -0.15) is 0 Å². The summed E-state index contributed by atoms with van der Waals surface area (Å²) >= 11 is 5.78. The quantitative estimate of drug-likeness (QED) is 0.450. The molecule has 0 saturated carbocycles. The summed E-state index contributed by atoms with van der Waals surface area (Å²) in [5, 5.41) is 7.02. The lowest BCUT2D eigenvalue weighted by atomic mass is 10.1. The van der Waals surface area contributed by atoms with Crippen LogP contribution in [0.1, 0.15) is 11.1 Å². The Morgan fingerprint density at radius 2 is 1.84 bits per heavy atom. The zero-order valence-corrected chi connectivity index (χ0v) is 15.4. The van der Waals surface area contributed by atoms with Gasteiger partial charge in [-0.1, -0.05) is 23.7 Å². The van der Waals surface area contributed by atoms with Gasteiger partial charge in [-0.15, -0.1) is 0 Å². The van der Waals surface area contributed by atoms with Crippen LogP contribution in [0.15, 0.2) is 41.5 Å². The summed E-state index contributed by atoms with van der Waals surface area (Å²) in [5.74, 6) is 2.20. The highest BCUT2D eigenvalue weighted by atomic mass is 35.5. The molecule has 0 bridgehead atoms. The van der Waals surface area contributed by atoms with Gasteiger partial charge in [0.05, 0.1) is 14.2 Å². The Bertz CT molecular complexity index is 705. The van der Waals surface area contributed by atoms with Gasteiger partial charge in [0, 0.05) is 26.3 Å². The molecule has 2 aromatic rings. The molecule has 2 rings (SSSR count). The Kier molecular flexibility index (Phi) is 7.35. The van der Waals surface area contributed by atoms with Crippen molar-refractivity contribution in [3.63, 3.8) is 0 Å². The average Bonchev–Trinajstić information content (AvgIpc) is 2.65. The first-order chi connectivity index (χ1) is 12.2. The molecule has 0 spiro atoms. The van der Waals surface area contributed by atoms with Gasteiger partial charge < -0.3 is 20.1 Å². The minimum Gasteiger partial charge on any atom is -0.493 e. The summed E-state index contributed by atoms with van der Waals surface area (Å²) in [6, 6.07) is 9.62. The number of nitrogens with zero attached hydrogens (tertiary/aromatic N) is 2. The standard InChI is InChI=1S/C18H23ClN4O2/c1-20-18(23-12-14-5-7-17(19)22-11-14)21-9-8-13-4-6-15(24-2)16(10-13)25-3/h4-7,10-11H,8-9,12H2,1-3H3,(H2,20,21,23). The van der Waals surface area contributed by atoms with Crippen LogP contribution in [-0.4, -0.2) is 38.8 Å². The minimum atomic E-state index is 0.487. The zero-order valence-electron chi connectivity index (χ0n) is 14.7. The van der Waals surface area contributed by atoms with E-state index in [1.807, 2.05) is 24.3 Å². The molecule has 0 radical (unpaired) electrons. The van der Waals surface area contributed by atoms with E-state index in [0.29, 0.717) is 11.7 Å². The van der Waals surface area contributed by atoms with E-state index in [4.69, 9.17) is 21.1 Å². The van der Waals surface area contributed by atoms with Gasteiger partial charge in [0.1, 0.15) is 5.15 Å². The fourth-order valence-corrected chi connectivity index (χ4v) is 2.39. The van der Waals surface area contributed by atoms with Crippen molar-refractivity contribution in [1.82, 2.24) is 15.6 Å². The highest BCUT2D eigenvalue weighted by molar-refractivity contribution is 6.29. The van der Waals surface area contributed by atoms with Crippen molar-refractivity contribution in [1.29, 1.82) is 0 Å². The van der Waals surface area contributed by atoms with Gasteiger partial charge >= 0.3 is 0 Å². The van der Waals surface area contributed by atoms with Gasteiger partial charge in [-0.25, -0.2) is 4.98 Å². The smallest absolute Gasteiger partial charge is 0.191 e. The Hall–Kier alpha value is -2.47. The second-order valence-corrected chi connectivity index (χ2v) is 5.67. The molecule has 0 aliphatic rings. The highest BCUT2D eigenvalue weighted by Crippen LogP contribution is 2.27. The van der Waals surface area contributed by atoms with Crippen molar-refractivity contribution in [2.75, 3.05) is 27.8 Å². The molecule has 0 atom stereocenters. The number of guanidine groups is 1. The lowest BCUT2D eigenvalue weighted by Crippen LogP contribution is -2.37. The van der Waals surface area contributed by atoms with Crippen LogP contribution in [0.3, 0.4) is 0 Å². The largest absolute Gasteiger partial charge is 0.493 e. The molecule has 25 heavy (non-hydrogen) atoms. The number of hydrogen-bond donors (Lipinski definition) is 2. The molecule has 0 aliphatic heterocycles. The first kappa shape index (κ1) is 18.9. The van der Waals surface area contributed by atoms with E-state index in [2.05, 4.69) is 20.6 Å². The van der Waals surface area contributed by atoms with E-state index in [1.165, 1.54) is 0 Å². The predicted octanol–water partition coefficient (Wildman–Crippen LogP) is 2.66. The van der Waals surface area contributed by atoms with Gasteiger partial charge in [-0.3, -0.25) is 4.99 Å². The third-order valence-corrected chi connectivity index (χ3v) is 3.85. The van der Waals surface area contributed by atoms with E-state index >= 15 is 0 Å². The number of ether oxygens (including phenoxy) is 2. The second-order valence-electron chi connectivity index (χ2n) is 5.28. The molecular weight excluding hydrogens is 340 g/mol. The van der Waals surface area contributed by atoms with Crippen molar-refractivity contribution in [3.05, 3.63) is 52.8 Å². The van der Waals surface area contributed by atoms with Crippen molar-refractivity contribution in [3.8, 4) is 11.5 Å². The van der Waals surface area contributed by atoms with Crippen LogP contribution in [0.25, 0.3) is 0 Å². The maximum atomic E-state index is 5.78. The van der Waals surface area contributed by atoms with E-state index in [-0.39, 0.29) is 0 Å². The van der Waals surface area contributed by atoms with E-state index < -0.39 is 0 Å². The predicted molar refractivity (Wildman–Crippen MR) is 101 cm³/mol. The monoisotopic (exact) mass is 362 g/mol. The average molecular weight is 363 g/mol. The summed E-state index contributed by atoms with van der Waals surface area (Å²) in [7, 11) is 5.01. The Labute approximate surface area is 153 Å². The molecule has 6 nitrogen and oxygen atoms in total. The molecule has 0 fully saturated rings. The third kappa shape index (κ3) is 5.83. The van der Waals surface area contributed by atoms with Crippen molar-refractivity contribution < 1.29 is 9.47 Å². The minimum absolute atomic E-state index is 0.487. The molecule has 1 heterocycles. The Balaban J connectivity index is 1.82. The molecule has 134 valence electrons. The van der Waals surface area contributed by atoms with Crippen molar-refractivity contribution in [2.45, 2.75) is 13.0 Å². The Morgan fingerprint density at radius 1 is 1.08 bits per heavy atom. The SMILES string of the molecule is CN=C(NCCc1ccc(OC)c(OC)c1)NCc1ccc(Cl)nc1. The number of aromatic nitrogens is 1. The number of methoxy groups -OCH3 is 2. The molecule has 0 unspecified atom stereocenters. The van der Waals surface area contributed by atoms with Crippen molar-refractivity contribution >= 4 is 17.6 Å². The third-order valence-electron chi connectivity index (χ3n) is 3.63. The number of benzene rings is 1. The second kappa shape index (κ2) is 9.74. The molecular formula is C18H23ClN4O2. The zero-order chi connectivity index (χ0) is 18.1. The lowest BCUT2D eigenvalue weighted by molar-refractivity contribution is 0.354. The summed E-state index contributed by atoms with van der Waals surface area (Å²) in [4.78, 5) is 8.27. The Morgan fingerprint density at radius 3 is 2.48 bits per heavy atom. The summed E-state index contributed by atoms with van der Waals surface area (Å²) in [5.41, 5.74) is 2.19. The number of pyridine rings is 1. The van der Waals surface area contributed by atoms with Crippen LogP contribution in [-0.2, 0) is 13.0 Å². The number of aliphatic imine (C=N–C) groups is 1. The molecule has 1 aromatic heterocycles. The fraction of sp³-hybridized carbons (Fsp3) is 0.333. The topological polar surface area (TPSA) is 67.8 Å². The molecule has 0 aliphatic carbocycles. The van der Waals surface area contributed by atoms with Crippen LogP contribution in [0.5, 0.6) is 11.5 Å². The maximum Gasteiger partial charge on any atom is 0.191 e. The van der Waals surface area contributed by atoms with Crippen LogP contribution in [0, 0.1) is 0 Å². The van der Waals surface area contributed by atoms with Crippen LogP contribution < -0.4 is 20.1 Å². The van der Waals surface area contributed by atoms with E-state index in [1.54, 1.807) is 33.5 Å². The number of hydrogen-bond acceptors (Lipinski definition) is 4. The molecule has 1 aromatic carbocycles. The van der Waals surface area contributed by atoms with Gasteiger partial charge in [0.15, 0.2) is 17.5 Å². The first-order valence-corrected chi connectivity index (χ1v) is 8.30. The summed E-state index contributed by atoms with van der Waals surface area (Å²) < 4.78 is 10.6. The van der Waals surface area contributed by atoms with Crippen LogP contribution in [0.4, 0.5) is 0 Å². The molecule has 0 amide bonds. The van der Waals surface area contributed by atoms with Gasteiger partial charge in [0.25, 0.3) is 0 Å². The van der Waals surface area contributed by atoms with Gasteiger partial charge in [-0.05, 0) is 35.7 Å². The highest BCUT2D eigenvalue weighted by Gasteiger charge is 2.05. The lowest BCUT2D eigenvalue weighted by Gasteiger charge is -2.13. The summed E-state index contributed by atoms with van der Waals surface area (Å²) in [6.45, 7) is 1.37. The maximum absolute atomic E-state index is 5.78. The van der Waals surface area contributed by atoms with Crippen LogP contribution >= 0.6 is 11.6 Å². The van der Waals surface area contributed by atoms with E-state index in [0.717, 1.165) is 41.6 Å².